The first kappa shape index (κ1) is 18.1. The number of anilines is 1. The molecule has 5 nitrogen and oxygen atoms in total. The molecule has 1 heterocycles. The number of benzene rings is 2. The van der Waals surface area contributed by atoms with Crippen LogP contribution in [0.15, 0.2) is 53.6 Å². The van der Waals surface area contributed by atoms with Crippen molar-refractivity contribution in [2.24, 2.45) is 5.10 Å². The number of carbonyl (C=O) groups excluding carboxylic acids is 2. The first-order valence-corrected chi connectivity index (χ1v) is 8.97. The van der Waals surface area contributed by atoms with E-state index in [2.05, 4.69) is 10.5 Å². The number of hydrogen-bond donors (Lipinski definition) is 1. The molecule has 1 aliphatic heterocycles. The Kier molecular flexibility index (Phi) is 6.02. The third-order valence-corrected chi connectivity index (χ3v) is 4.50. The molecule has 0 bridgehead atoms. The highest BCUT2D eigenvalue weighted by Gasteiger charge is 2.22. The molecule has 6 heteroatoms. The molecule has 0 spiro atoms. The van der Waals surface area contributed by atoms with Crippen molar-refractivity contribution in [3.05, 3.63) is 64.7 Å². The molecule has 2 aromatic carbocycles. The van der Waals surface area contributed by atoms with Gasteiger partial charge in [-0.3, -0.25) is 9.59 Å². The Balaban J connectivity index is 1.49. The highest BCUT2D eigenvalue weighted by Crippen LogP contribution is 2.27. The average Bonchev–Trinajstić information content (AvgIpc) is 2.67. The van der Waals surface area contributed by atoms with Crippen LogP contribution in [0.4, 0.5) is 5.69 Å². The van der Waals surface area contributed by atoms with Gasteiger partial charge in [-0.1, -0.05) is 41.9 Å². The molecule has 0 saturated carbocycles. The summed E-state index contributed by atoms with van der Waals surface area (Å²) >= 11 is 5.81. The van der Waals surface area contributed by atoms with Crippen molar-refractivity contribution in [1.82, 2.24) is 5.43 Å². The summed E-state index contributed by atoms with van der Waals surface area (Å²) in [6.45, 7) is 0.701. The minimum Gasteiger partial charge on any atom is -0.312 e. The van der Waals surface area contributed by atoms with E-state index in [9.17, 15) is 9.59 Å². The SMILES string of the molecule is O=C(CCC(=O)N1CCCc2ccccc21)N/N=C/c1ccc(Cl)cc1. The van der Waals surface area contributed by atoms with Gasteiger partial charge < -0.3 is 4.90 Å². The quantitative estimate of drug-likeness (QED) is 0.647. The number of hydrogen-bond acceptors (Lipinski definition) is 3. The molecule has 0 fully saturated rings. The smallest absolute Gasteiger partial charge is 0.240 e. The lowest BCUT2D eigenvalue weighted by Gasteiger charge is -2.29. The molecular weight excluding hydrogens is 350 g/mol. The summed E-state index contributed by atoms with van der Waals surface area (Å²) in [5, 5.41) is 4.55. The third kappa shape index (κ3) is 4.70. The van der Waals surface area contributed by atoms with Crippen molar-refractivity contribution in [3.63, 3.8) is 0 Å². The summed E-state index contributed by atoms with van der Waals surface area (Å²) in [6.07, 6.45) is 3.74. The zero-order chi connectivity index (χ0) is 18.4. The van der Waals surface area contributed by atoms with Crippen LogP contribution in [0, 0.1) is 0 Å². The fraction of sp³-hybridized carbons (Fsp3) is 0.250. The van der Waals surface area contributed by atoms with Crippen LogP contribution in [0.3, 0.4) is 0 Å². The molecule has 0 unspecified atom stereocenters. The standard InChI is InChI=1S/C20H20ClN3O2/c21-17-9-7-15(8-10-17)14-22-23-19(25)11-12-20(26)24-13-3-5-16-4-1-2-6-18(16)24/h1-2,4,6-10,14H,3,5,11-13H2,(H,23,25)/b22-14+. The second-order valence-corrected chi connectivity index (χ2v) is 6.56. The fourth-order valence-corrected chi connectivity index (χ4v) is 3.06. The molecule has 1 N–H and O–H groups in total. The van der Waals surface area contributed by atoms with E-state index >= 15 is 0 Å². The molecule has 2 amide bonds. The summed E-state index contributed by atoms with van der Waals surface area (Å²) < 4.78 is 0. The molecule has 3 rings (SSSR count). The van der Waals surface area contributed by atoms with Crippen molar-refractivity contribution >= 4 is 35.3 Å². The van der Waals surface area contributed by atoms with E-state index in [4.69, 9.17) is 11.6 Å². The van der Waals surface area contributed by atoms with Crippen LogP contribution in [0.5, 0.6) is 0 Å². The second kappa shape index (κ2) is 8.63. The first-order chi connectivity index (χ1) is 12.6. The number of nitrogens with zero attached hydrogens (tertiary/aromatic N) is 2. The number of hydrazone groups is 1. The van der Waals surface area contributed by atoms with E-state index in [1.807, 2.05) is 24.3 Å². The number of halogens is 1. The molecule has 0 aliphatic carbocycles. The number of nitrogens with one attached hydrogen (secondary N) is 1. The van der Waals surface area contributed by atoms with E-state index in [-0.39, 0.29) is 24.7 Å². The first-order valence-electron chi connectivity index (χ1n) is 8.59. The molecule has 26 heavy (non-hydrogen) atoms. The number of aryl methyl sites for hydroxylation is 1. The fourth-order valence-electron chi connectivity index (χ4n) is 2.93. The predicted molar refractivity (Wildman–Crippen MR) is 104 cm³/mol. The topological polar surface area (TPSA) is 61.8 Å². The number of rotatable bonds is 5. The van der Waals surface area contributed by atoms with Gasteiger partial charge in [0.1, 0.15) is 0 Å². The second-order valence-electron chi connectivity index (χ2n) is 6.12. The summed E-state index contributed by atoms with van der Waals surface area (Å²) in [4.78, 5) is 26.2. The van der Waals surface area contributed by atoms with Crippen LogP contribution in [-0.2, 0) is 16.0 Å². The van der Waals surface area contributed by atoms with E-state index < -0.39 is 0 Å². The van der Waals surface area contributed by atoms with Gasteiger partial charge in [-0.05, 0) is 42.2 Å². The Morgan fingerprint density at radius 3 is 2.69 bits per heavy atom. The zero-order valence-electron chi connectivity index (χ0n) is 14.3. The Morgan fingerprint density at radius 1 is 1.12 bits per heavy atom. The Labute approximate surface area is 157 Å². The van der Waals surface area contributed by atoms with Crippen molar-refractivity contribution < 1.29 is 9.59 Å². The van der Waals surface area contributed by atoms with Crippen molar-refractivity contribution in [2.75, 3.05) is 11.4 Å². The summed E-state index contributed by atoms with van der Waals surface area (Å²) in [7, 11) is 0. The molecule has 1 aliphatic rings. The number of para-hydroxylation sites is 1. The van der Waals surface area contributed by atoms with Gasteiger partial charge in [0.2, 0.25) is 11.8 Å². The van der Waals surface area contributed by atoms with E-state index in [1.165, 1.54) is 11.8 Å². The van der Waals surface area contributed by atoms with Gasteiger partial charge in [-0.2, -0.15) is 5.10 Å². The number of fused-ring (bicyclic) bond motifs is 1. The normalized spacial score (nSPS) is 13.5. The van der Waals surface area contributed by atoms with Crippen LogP contribution < -0.4 is 10.3 Å². The minimum atomic E-state index is -0.283. The minimum absolute atomic E-state index is 0.0334. The maximum Gasteiger partial charge on any atom is 0.240 e. The summed E-state index contributed by atoms with van der Waals surface area (Å²) in [5.74, 6) is -0.317. The lowest BCUT2D eigenvalue weighted by Crippen LogP contribution is -2.36. The largest absolute Gasteiger partial charge is 0.312 e. The Morgan fingerprint density at radius 2 is 1.88 bits per heavy atom. The van der Waals surface area contributed by atoms with Crippen molar-refractivity contribution in [3.8, 4) is 0 Å². The van der Waals surface area contributed by atoms with E-state index in [0.29, 0.717) is 11.6 Å². The van der Waals surface area contributed by atoms with E-state index in [0.717, 1.165) is 24.1 Å². The Hall–Kier alpha value is -2.66. The lowest BCUT2D eigenvalue weighted by molar-refractivity contribution is -0.125. The van der Waals surface area contributed by atoms with Crippen LogP contribution in [0.25, 0.3) is 0 Å². The summed E-state index contributed by atoms with van der Waals surface area (Å²) in [6, 6.07) is 15.0. The summed E-state index contributed by atoms with van der Waals surface area (Å²) in [5.41, 5.74) is 5.43. The van der Waals surface area contributed by atoms with Gasteiger partial charge in [-0.25, -0.2) is 5.43 Å². The third-order valence-electron chi connectivity index (χ3n) is 4.25. The van der Waals surface area contributed by atoms with E-state index in [1.54, 1.807) is 29.2 Å². The lowest BCUT2D eigenvalue weighted by atomic mass is 10.0. The van der Waals surface area contributed by atoms with Gasteiger partial charge in [-0.15, -0.1) is 0 Å². The van der Waals surface area contributed by atoms with Crippen molar-refractivity contribution in [2.45, 2.75) is 25.7 Å². The maximum absolute atomic E-state index is 12.5. The van der Waals surface area contributed by atoms with Gasteiger partial charge in [0.05, 0.1) is 6.21 Å². The van der Waals surface area contributed by atoms with Gasteiger partial charge in [0, 0.05) is 30.1 Å². The highest BCUT2D eigenvalue weighted by molar-refractivity contribution is 6.30. The van der Waals surface area contributed by atoms with Crippen LogP contribution in [0.1, 0.15) is 30.4 Å². The molecular formula is C20H20ClN3O2. The number of amides is 2. The number of carbonyl (C=O) groups is 2. The molecule has 0 aromatic heterocycles. The van der Waals surface area contributed by atoms with Crippen LogP contribution in [0.2, 0.25) is 5.02 Å². The monoisotopic (exact) mass is 369 g/mol. The molecule has 0 atom stereocenters. The highest BCUT2D eigenvalue weighted by atomic mass is 35.5. The van der Waals surface area contributed by atoms with Gasteiger partial charge in [0.15, 0.2) is 0 Å². The maximum atomic E-state index is 12.5. The molecule has 2 aromatic rings. The average molecular weight is 370 g/mol. The van der Waals surface area contributed by atoms with Crippen LogP contribution >= 0.6 is 11.6 Å². The van der Waals surface area contributed by atoms with Gasteiger partial charge >= 0.3 is 0 Å². The zero-order valence-corrected chi connectivity index (χ0v) is 15.1. The van der Waals surface area contributed by atoms with Crippen LogP contribution in [-0.4, -0.2) is 24.6 Å². The molecule has 0 radical (unpaired) electrons. The van der Waals surface area contributed by atoms with Crippen molar-refractivity contribution in [1.29, 1.82) is 0 Å². The predicted octanol–water partition coefficient (Wildman–Crippen LogP) is 3.55. The van der Waals surface area contributed by atoms with Gasteiger partial charge in [0.25, 0.3) is 0 Å². The Bertz CT molecular complexity index is 818. The molecule has 0 saturated heterocycles. The molecule has 134 valence electrons.